The lowest BCUT2D eigenvalue weighted by Gasteiger charge is -2.26. The molecule has 0 amide bonds. The number of rotatable bonds is 5. The lowest BCUT2D eigenvalue weighted by Crippen LogP contribution is -2.28. The minimum atomic E-state index is -0.981. The van der Waals surface area contributed by atoms with Gasteiger partial charge in [0.25, 0.3) is 0 Å². The number of anilines is 1. The summed E-state index contributed by atoms with van der Waals surface area (Å²) in [5.41, 5.74) is 0.248. The molecule has 106 valence electrons. The SMILES string of the molecule is COc1ccc(C(=O)O)c(NC(C)(C)c2nccs2)c1. The maximum atomic E-state index is 11.3. The number of thiazole rings is 1. The van der Waals surface area contributed by atoms with Gasteiger partial charge in [-0.1, -0.05) is 0 Å². The zero-order valence-corrected chi connectivity index (χ0v) is 12.3. The zero-order chi connectivity index (χ0) is 14.8. The van der Waals surface area contributed by atoms with Crippen molar-refractivity contribution in [1.82, 2.24) is 4.98 Å². The average molecular weight is 292 g/mol. The Kier molecular flexibility index (Phi) is 3.94. The van der Waals surface area contributed by atoms with E-state index in [-0.39, 0.29) is 5.56 Å². The van der Waals surface area contributed by atoms with Gasteiger partial charge in [-0.3, -0.25) is 0 Å². The van der Waals surface area contributed by atoms with Crippen molar-refractivity contribution in [1.29, 1.82) is 0 Å². The van der Waals surface area contributed by atoms with Gasteiger partial charge in [0.1, 0.15) is 10.8 Å². The smallest absolute Gasteiger partial charge is 0.337 e. The van der Waals surface area contributed by atoms with Crippen molar-refractivity contribution in [2.24, 2.45) is 0 Å². The lowest BCUT2D eigenvalue weighted by atomic mass is 10.0. The molecule has 0 spiro atoms. The van der Waals surface area contributed by atoms with Gasteiger partial charge in [-0.15, -0.1) is 11.3 Å². The van der Waals surface area contributed by atoms with Crippen LogP contribution in [0.2, 0.25) is 0 Å². The van der Waals surface area contributed by atoms with Crippen LogP contribution >= 0.6 is 11.3 Å². The Hall–Kier alpha value is -2.08. The molecule has 0 radical (unpaired) electrons. The number of methoxy groups -OCH3 is 1. The van der Waals surface area contributed by atoms with E-state index in [4.69, 9.17) is 4.74 Å². The summed E-state index contributed by atoms with van der Waals surface area (Å²) in [7, 11) is 1.55. The van der Waals surface area contributed by atoms with E-state index >= 15 is 0 Å². The molecule has 0 aliphatic rings. The molecule has 2 rings (SSSR count). The Morgan fingerprint density at radius 2 is 2.20 bits per heavy atom. The summed E-state index contributed by atoms with van der Waals surface area (Å²) in [6.07, 6.45) is 1.73. The van der Waals surface area contributed by atoms with Crippen molar-refractivity contribution in [2.45, 2.75) is 19.4 Å². The molecule has 0 saturated carbocycles. The second-order valence-corrected chi connectivity index (χ2v) is 5.70. The van der Waals surface area contributed by atoms with Crippen molar-refractivity contribution in [3.05, 3.63) is 40.3 Å². The van der Waals surface area contributed by atoms with Crippen LogP contribution in [0.1, 0.15) is 29.2 Å². The number of hydrogen-bond acceptors (Lipinski definition) is 5. The van der Waals surface area contributed by atoms with E-state index in [0.29, 0.717) is 11.4 Å². The number of carboxylic acids is 1. The first-order chi connectivity index (χ1) is 9.44. The molecule has 0 atom stereocenters. The number of nitrogens with zero attached hydrogens (tertiary/aromatic N) is 1. The van der Waals surface area contributed by atoms with Gasteiger partial charge in [0, 0.05) is 17.6 Å². The van der Waals surface area contributed by atoms with Gasteiger partial charge in [-0.2, -0.15) is 0 Å². The Bertz CT molecular complexity index is 609. The Morgan fingerprint density at radius 3 is 2.75 bits per heavy atom. The second kappa shape index (κ2) is 5.50. The molecule has 0 unspecified atom stereocenters. The summed E-state index contributed by atoms with van der Waals surface area (Å²) >= 11 is 1.52. The average Bonchev–Trinajstić information content (AvgIpc) is 2.92. The standard InChI is InChI=1S/C14H16N2O3S/c1-14(2,13-15-6-7-20-13)16-11-8-9(19-3)4-5-10(11)12(17)18/h4-8,16H,1-3H3,(H,17,18). The van der Waals surface area contributed by atoms with Crippen LogP contribution in [0.3, 0.4) is 0 Å². The van der Waals surface area contributed by atoms with E-state index in [1.54, 1.807) is 25.4 Å². The third kappa shape index (κ3) is 2.91. The van der Waals surface area contributed by atoms with E-state index in [0.717, 1.165) is 5.01 Å². The second-order valence-electron chi connectivity index (χ2n) is 4.80. The van der Waals surface area contributed by atoms with Crippen LogP contribution in [0.4, 0.5) is 5.69 Å². The molecule has 0 saturated heterocycles. The molecule has 1 heterocycles. The number of carboxylic acid groups (broad SMARTS) is 1. The summed E-state index contributed by atoms with van der Waals surface area (Å²) in [6.45, 7) is 3.91. The molecule has 0 aliphatic carbocycles. The molecule has 0 bridgehead atoms. The van der Waals surface area contributed by atoms with E-state index < -0.39 is 11.5 Å². The Morgan fingerprint density at radius 1 is 1.45 bits per heavy atom. The highest BCUT2D eigenvalue weighted by atomic mass is 32.1. The predicted octanol–water partition coefficient (Wildman–Crippen LogP) is 3.20. The first kappa shape index (κ1) is 14.3. The number of carbonyl (C=O) groups is 1. The fourth-order valence-electron chi connectivity index (χ4n) is 1.86. The third-order valence-corrected chi connectivity index (χ3v) is 3.97. The molecule has 0 aliphatic heterocycles. The van der Waals surface area contributed by atoms with Gasteiger partial charge in [0.15, 0.2) is 0 Å². The monoisotopic (exact) mass is 292 g/mol. The molecule has 2 aromatic rings. The first-order valence-electron chi connectivity index (χ1n) is 6.03. The van der Waals surface area contributed by atoms with Gasteiger partial charge in [0.2, 0.25) is 0 Å². The number of hydrogen-bond donors (Lipinski definition) is 2. The lowest BCUT2D eigenvalue weighted by molar-refractivity contribution is 0.0698. The van der Waals surface area contributed by atoms with Gasteiger partial charge in [0.05, 0.1) is 23.9 Å². The summed E-state index contributed by atoms with van der Waals surface area (Å²) < 4.78 is 5.15. The highest BCUT2D eigenvalue weighted by Gasteiger charge is 2.25. The van der Waals surface area contributed by atoms with Crippen molar-refractivity contribution < 1.29 is 14.6 Å². The van der Waals surface area contributed by atoms with Crippen LogP contribution in [0.5, 0.6) is 5.75 Å². The third-order valence-electron chi connectivity index (χ3n) is 2.87. The summed E-state index contributed by atoms with van der Waals surface area (Å²) in [5, 5.41) is 15.3. The number of aromatic nitrogens is 1. The molecular weight excluding hydrogens is 276 g/mol. The maximum absolute atomic E-state index is 11.3. The predicted molar refractivity (Wildman–Crippen MR) is 78.7 cm³/mol. The van der Waals surface area contributed by atoms with E-state index in [1.807, 2.05) is 19.2 Å². The zero-order valence-electron chi connectivity index (χ0n) is 11.5. The Labute approximate surface area is 121 Å². The van der Waals surface area contributed by atoms with Crippen LogP contribution in [0, 0.1) is 0 Å². The molecule has 0 fully saturated rings. The molecule has 5 nitrogen and oxygen atoms in total. The Balaban J connectivity index is 2.39. The van der Waals surface area contributed by atoms with Crippen LogP contribution in [-0.2, 0) is 5.54 Å². The normalized spacial score (nSPS) is 11.2. The molecule has 1 aromatic carbocycles. The van der Waals surface area contributed by atoms with Gasteiger partial charge in [-0.05, 0) is 26.0 Å². The van der Waals surface area contributed by atoms with E-state index in [2.05, 4.69) is 10.3 Å². The number of ether oxygens (including phenoxy) is 1. The largest absolute Gasteiger partial charge is 0.497 e. The van der Waals surface area contributed by atoms with Crippen molar-refractivity contribution in [2.75, 3.05) is 12.4 Å². The first-order valence-corrected chi connectivity index (χ1v) is 6.91. The van der Waals surface area contributed by atoms with Gasteiger partial charge < -0.3 is 15.2 Å². The van der Waals surface area contributed by atoms with E-state index in [1.165, 1.54) is 17.4 Å². The summed E-state index contributed by atoms with van der Waals surface area (Å²) in [5.74, 6) is -0.377. The van der Waals surface area contributed by atoms with Gasteiger partial charge in [-0.25, -0.2) is 9.78 Å². The van der Waals surface area contributed by atoms with Crippen LogP contribution in [-0.4, -0.2) is 23.2 Å². The molecule has 20 heavy (non-hydrogen) atoms. The molecule has 1 aromatic heterocycles. The highest BCUT2D eigenvalue weighted by molar-refractivity contribution is 7.09. The minimum absolute atomic E-state index is 0.204. The molecule has 2 N–H and O–H groups in total. The maximum Gasteiger partial charge on any atom is 0.337 e. The van der Waals surface area contributed by atoms with Crippen LogP contribution < -0.4 is 10.1 Å². The van der Waals surface area contributed by atoms with Crippen LogP contribution in [0.25, 0.3) is 0 Å². The number of nitrogens with one attached hydrogen (secondary N) is 1. The van der Waals surface area contributed by atoms with Crippen molar-refractivity contribution >= 4 is 23.0 Å². The van der Waals surface area contributed by atoms with Crippen molar-refractivity contribution in [3.8, 4) is 5.75 Å². The molecule has 6 heteroatoms. The molecular formula is C14H16N2O3S. The summed E-state index contributed by atoms with van der Waals surface area (Å²) in [4.78, 5) is 15.6. The number of aromatic carboxylic acids is 1. The quantitative estimate of drug-likeness (QED) is 0.885. The van der Waals surface area contributed by atoms with Crippen LogP contribution in [0.15, 0.2) is 29.8 Å². The number of benzene rings is 1. The highest BCUT2D eigenvalue weighted by Crippen LogP contribution is 2.31. The topological polar surface area (TPSA) is 71.5 Å². The van der Waals surface area contributed by atoms with Crippen molar-refractivity contribution in [3.63, 3.8) is 0 Å². The fourth-order valence-corrected chi connectivity index (χ4v) is 2.58. The van der Waals surface area contributed by atoms with Gasteiger partial charge >= 0.3 is 5.97 Å². The van der Waals surface area contributed by atoms with E-state index in [9.17, 15) is 9.90 Å². The fraction of sp³-hybridized carbons (Fsp3) is 0.286. The minimum Gasteiger partial charge on any atom is -0.497 e. The summed E-state index contributed by atoms with van der Waals surface area (Å²) in [6, 6.07) is 4.84.